The average molecular weight is 329 g/mol. The molecule has 1 saturated carbocycles. The van der Waals surface area contributed by atoms with Crippen molar-refractivity contribution < 1.29 is 9.53 Å². The van der Waals surface area contributed by atoms with Gasteiger partial charge in [-0.2, -0.15) is 0 Å². The summed E-state index contributed by atoms with van der Waals surface area (Å²) in [4.78, 5) is 14.2. The number of carbonyl (C=O) groups is 1. The van der Waals surface area contributed by atoms with Crippen LogP contribution in [0.2, 0.25) is 0 Å². The number of hydrogen-bond acceptors (Lipinski definition) is 3. The molecule has 0 heterocycles. The summed E-state index contributed by atoms with van der Waals surface area (Å²) in [5.41, 5.74) is 0.873. The Labute approximate surface area is 146 Å². The van der Waals surface area contributed by atoms with Gasteiger partial charge in [0.1, 0.15) is 5.60 Å². The minimum atomic E-state index is -0.416. The van der Waals surface area contributed by atoms with Gasteiger partial charge in [-0.1, -0.05) is 49.8 Å². The Morgan fingerprint density at radius 3 is 2.75 bits per heavy atom. The minimum absolute atomic E-state index is 0.170. The summed E-state index contributed by atoms with van der Waals surface area (Å²) in [6.45, 7) is 9.32. The zero-order valence-electron chi connectivity index (χ0n) is 15.3. The van der Waals surface area contributed by atoms with Crippen molar-refractivity contribution in [3.8, 4) is 0 Å². The molecule has 0 aliphatic heterocycles. The maximum absolute atomic E-state index is 12.0. The van der Waals surface area contributed by atoms with Gasteiger partial charge in [0, 0.05) is 31.8 Å². The summed E-state index contributed by atoms with van der Waals surface area (Å²) >= 11 is 0. The summed E-state index contributed by atoms with van der Waals surface area (Å²) in [5.74, 6) is 0.358. The average Bonchev–Trinajstić information content (AvgIpc) is 2.55. The third-order valence-electron chi connectivity index (χ3n) is 5.30. The summed E-state index contributed by atoms with van der Waals surface area (Å²) in [6.07, 6.45) is 6.24. The van der Waals surface area contributed by atoms with Gasteiger partial charge in [-0.15, -0.1) is 6.58 Å². The Morgan fingerprint density at radius 2 is 2.12 bits per heavy atom. The quantitative estimate of drug-likeness (QED) is 0.548. The first-order valence-electron chi connectivity index (χ1n) is 9.03. The van der Waals surface area contributed by atoms with Gasteiger partial charge >= 0.3 is 5.97 Å². The van der Waals surface area contributed by atoms with Gasteiger partial charge in [-0.25, -0.2) is 0 Å². The molecule has 1 aromatic rings. The second kappa shape index (κ2) is 8.48. The largest absolute Gasteiger partial charge is 0.458 e. The topological polar surface area (TPSA) is 29.5 Å². The number of nitrogens with zero attached hydrogens (tertiary/aromatic N) is 1. The van der Waals surface area contributed by atoms with Crippen molar-refractivity contribution in [1.82, 2.24) is 4.90 Å². The Hall–Kier alpha value is -1.61. The molecule has 0 amide bonds. The van der Waals surface area contributed by atoms with E-state index in [-0.39, 0.29) is 17.8 Å². The van der Waals surface area contributed by atoms with E-state index in [0.717, 1.165) is 32.4 Å². The van der Waals surface area contributed by atoms with Crippen molar-refractivity contribution >= 4 is 5.97 Å². The number of benzene rings is 1. The Balaban J connectivity index is 2.35. The highest BCUT2D eigenvalue weighted by Crippen LogP contribution is 2.48. The number of ether oxygens (including phenoxy) is 1. The molecule has 132 valence electrons. The van der Waals surface area contributed by atoms with Gasteiger partial charge in [0.15, 0.2) is 0 Å². The van der Waals surface area contributed by atoms with Gasteiger partial charge in [0.2, 0.25) is 0 Å². The van der Waals surface area contributed by atoms with E-state index in [1.807, 2.05) is 12.1 Å². The minimum Gasteiger partial charge on any atom is -0.458 e. The van der Waals surface area contributed by atoms with Crippen LogP contribution < -0.4 is 0 Å². The van der Waals surface area contributed by atoms with Crippen LogP contribution >= 0.6 is 0 Å². The molecular weight excluding hydrogens is 298 g/mol. The van der Waals surface area contributed by atoms with Crippen LogP contribution in [-0.4, -0.2) is 36.6 Å². The predicted octanol–water partition coefficient (Wildman–Crippen LogP) is 4.40. The van der Waals surface area contributed by atoms with Gasteiger partial charge in [-0.3, -0.25) is 4.79 Å². The van der Waals surface area contributed by atoms with E-state index < -0.39 is 5.60 Å². The first-order valence-corrected chi connectivity index (χ1v) is 9.03. The molecule has 3 atom stereocenters. The lowest BCUT2D eigenvalue weighted by Gasteiger charge is -2.48. The van der Waals surface area contributed by atoms with Crippen molar-refractivity contribution in [2.45, 2.75) is 51.0 Å². The maximum Gasteiger partial charge on any atom is 0.303 e. The number of likely N-dealkylation sites (N-methyl/N-ethyl adjacent to an activating group) is 1. The molecule has 0 aromatic heterocycles. The Kier molecular flexibility index (Phi) is 6.61. The van der Waals surface area contributed by atoms with E-state index in [0.29, 0.717) is 0 Å². The standard InChI is InChI=1S/C21H31NO2/c1-5-15-22(4)16-17(2)21(24-18(3)23)14-10-9-13-20(21)19-11-7-6-8-12-19/h5-8,11-12,17,20H,1,9-10,13-16H2,2-4H3. The zero-order valence-corrected chi connectivity index (χ0v) is 15.3. The fourth-order valence-electron chi connectivity index (χ4n) is 4.30. The van der Waals surface area contributed by atoms with E-state index >= 15 is 0 Å². The number of carbonyl (C=O) groups excluding carboxylic acids is 1. The molecule has 1 aliphatic rings. The van der Waals surface area contributed by atoms with Crippen molar-refractivity contribution in [2.75, 3.05) is 20.1 Å². The third kappa shape index (κ3) is 4.27. The molecule has 0 bridgehead atoms. The van der Waals surface area contributed by atoms with Crippen LogP contribution in [0.4, 0.5) is 0 Å². The molecule has 24 heavy (non-hydrogen) atoms. The first-order chi connectivity index (χ1) is 11.5. The normalized spacial score (nSPS) is 25.2. The molecule has 0 N–H and O–H groups in total. The summed E-state index contributed by atoms with van der Waals surface area (Å²) in [5, 5.41) is 0. The molecule has 0 spiro atoms. The molecule has 1 aliphatic carbocycles. The third-order valence-corrected chi connectivity index (χ3v) is 5.30. The van der Waals surface area contributed by atoms with Crippen molar-refractivity contribution in [3.63, 3.8) is 0 Å². The summed E-state index contributed by atoms with van der Waals surface area (Å²) in [6, 6.07) is 10.6. The highest BCUT2D eigenvalue weighted by atomic mass is 16.6. The monoisotopic (exact) mass is 329 g/mol. The highest BCUT2D eigenvalue weighted by molar-refractivity contribution is 5.67. The van der Waals surface area contributed by atoms with Gasteiger partial charge in [0.05, 0.1) is 0 Å². The number of hydrogen-bond donors (Lipinski definition) is 0. The lowest BCUT2D eigenvalue weighted by Crippen LogP contribution is -2.51. The van der Waals surface area contributed by atoms with Crippen LogP contribution in [0.25, 0.3) is 0 Å². The Morgan fingerprint density at radius 1 is 1.42 bits per heavy atom. The molecule has 1 aromatic carbocycles. The second-order valence-corrected chi connectivity index (χ2v) is 7.17. The second-order valence-electron chi connectivity index (χ2n) is 7.17. The van der Waals surface area contributed by atoms with Gasteiger partial charge < -0.3 is 9.64 Å². The lowest BCUT2D eigenvalue weighted by molar-refractivity contribution is -0.172. The molecule has 0 radical (unpaired) electrons. The Bertz CT molecular complexity index is 542. The predicted molar refractivity (Wildman–Crippen MR) is 99.0 cm³/mol. The van der Waals surface area contributed by atoms with Crippen LogP contribution in [0.1, 0.15) is 51.0 Å². The molecule has 1 fully saturated rings. The van der Waals surface area contributed by atoms with Gasteiger partial charge in [-0.05, 0) is 31.9 Å². The van der Waals surface area contributed by atoms with Crippen LogP contribution in [0.15, 0.2) is 43.0 Å². The van der Waals surface area contributed by atoms with Crippen LogP contribution in [-0.2, 0) is 9.53 Å². The van der Waals surface area contributed by atoms with Crippen LogP contribution in [0.5, 0.6) is 0 Å². The molecule has 3 heteroatoms. The van der Waals surface area contributed by atoms with E-state index in [2.05, 4.69) is 49.7 Å². The fraction of sp³-hybridized carbons (Fsp3) is 0.571. The molecule has 0 saturated heterocycles. The molecule has 3 nitrogen and oxygen atoms in total. The summed E-state index contributed by atoms with van der Waals surface area (Å²) < 4.78 is 6.10. The van der Waals surface area contributed by atoms with E-state index in [9.17, 15) is 4.79 Å². The van der Waals surface area contributed by atoms with E-state index in [4.69, 9.17) is 4.74 Å². The summed E-state index contributed by atoms with van der Waals surface area (Å²) in [7, 11) is 2.10. The number of esters is 1. The van der Waals surface area contributed by atoms with E-state index in [1.165, 1.54) is 12.0 Å². The van der Waals surface area contributed by atoms with E-state index in [1.54, 1.807) is 6.92 Å². The zero-order chi connectivity index (χ0) is 17.6. The fourth-order valence-corrected chi connectivity index (χ4v) is 4.30. The first kappa shape index (κ1) is 18.7. The molecule has 3 unspecified atom stereocenters. The number of rotatable bonds is 7. The van der Waals surface area contributed by atoms with Crippen LogP contribution in [0.3, 0.4) is 0 Å². The smallest absolute Gasteiger partial charge is 0.303 e. The van der Waals surface area contributed by atoms with Crippen LogP contribution in [0, 0.1) is 5.92 Å². The SMILES string of the molecule is C=CCN(C)CC(C)C1(OC(C)=O)CCCCC1c1ccccc1. The van der Waals surface area contributed by atoms with Crippen molar-refractivity contribution in [2.24, 2.45) is 5.92 Å². The van der Waals surface area contributed by atoms with Crippen molar-refractivity contribution in [1.29, 1.82) is 0 Å². The highest BCUT2D eigenvalue weighted by Gasteiger charge is 2.48. The van der Waals surface area contributed by atoms with Gasteiger partial charge in [0.25, 0.3) is 0 Å². The van der Waals surface area contributed by atoms with Crippen molar-refractivity contribution in [3.05, 3.63) is 48.6 Å². The lowest BCUT2D eigenvalue weighted by atomic mass is 9.66. The molecular formula is C21H31NO2. The molecule has 2 rings (SSSR count). The maximum atomic E-state index is 12.0.